The molecule has 0 spiro atoms. The van der Waals surface area contributed by atoms with Gasteiger partial charge in [0.1, 0.15) is 5.75 Å². The fourth-order valence-electron chi connectivity index (χ4n) is 2.81. The third-order valence-electron chi connectivity index (χ3n) is 4.33. The highest BCUT2D eigenvalue weighted by atomic mass is 32.2. The number of hydrogen-bond donors (Lipinski definition) is 1. The molecule has 6 nitrogen and oxygen atoms in total. The van der Waals surface area contributed by atoms with Gasteiger partial charge in [-0.1, -0.05) is 36.9 Å². The summed E-state index contributed by atoms with van der Waals surface area (Å²) in [5, 5.41) is 12.2. The number of hydrogen-bond acceptors (Lipinski definition) is 5. The number of carbonyl (C=O) groups excluding carboxylic acids is 1. The molecule has 2 aromatic carbocycles. The average Bonchev–Trinajstić information content (AvgIpc) is 3.15. The van der Waals surface area contributed by atoms with Gasteiger partial charge in [-0.25, -0.2) is 0 Å². The summed E-state index contributed by atoms with van der Waals surface area (Å²) in [5.74, 6) is 1.55. The first-order valence-electron chi connectivity index (χ1n) is 9.26. The van der Waals surface area contributed by atoms with Crippen LogP contribution in [0, 0.1) is 0 Å². The molecule has 0 saturated heterocycles. The lowest BCUT2D eigenvalue weighted by Crippen LogP contribution is -2.25. The van der Waals surface area contributed by atoms with E-state index in [0.29, 0.717) is 13.0 Å². The summed E-state index contributed by atoms with van der Waals surface area (Å²) in [6, 6.07) is 17.2. The van der Waals surface area contributed by atoms with Crippen LogP contribution in [0.15, 0.2) is 59.8 Å². The SMILES string of the molecule is CC[C@@H](Sc1nnc(-c2ccc(OC)cc2)n1CC)C(=O)Nc1ccccc1. The largest absolute Gasteiger partial charge is 0.497 e. The van der Waals surface area contributed by atoms with Crippen molar-refractivity contribution >= 4 is 23.4 Å². The van der Waals surface area contributed by atoms with Gasteiger partial charge in [-0.3, -0.25) is 4.79 Å². The number of nitrogens with one attached hydrogen (secondary N) is 1. The summed E-state index contributed by atoms with van der Waals surface area (Å²) in [6.07, 6.45) is 0.692. The number of ether oxygens (including phenoxy) is 1. The number of carbonyl (C=O) groups is 1. The summed E-state index contributed by atoms with van der Waals surface area (Å²) in [5.41, 5.74) is 1.76. The number of aromatic nitrogens is 3. The number of para-hydroxylation sites is 1. The number of thioether (sulfide) groups is 1. The van der Waals surface area contributed by atoms with E-state index in [4.69, 9.17) is 4.74 Å². The summed E-state index contributed by atoms with van der Waals surface area (Å²) < 4.78 is 7.25. The third-order valence-corrected chi connectivity index (χ3v) is 5.68. The van der Waals surface area contributed by atoms with Crippen LogP contribution in [0.3, 0.4) is 0 Å². The second-order valence-corrected chi connectivity index (χ2v) is 7.32. The first kappa shape index (κ1) is 19.9. The number of methoxy groups -OCH3 is 1. The van der Waals surface area contributed by atoms with Crippen LogP contribution < -0.4 is 10.1 Å². The highest BCUT2D eigenvalue weighted by Crippen LogP contribution is 2.29. The van der Waals surface area contributed by atoms with Crippen molar-refractivity contribution in [2.45, 2.75) is 37.2 Å². The predicted molar refractivity (Wildman–Crippen MR) is 113 cm³/mol. The Morgan fingerprint density at radius 1 is 1.11 bits per heavy atom. The number of benzene rings is 2. The van der Waals surface area contributed by atoms with Crippen molar-refractivity contribution in [2.24, 2.45) is 0 Å². The number of nitrogens with zero attached hydrogens (tertiary/aromatic N) is 3. The number of anilines is 1. The summed E-state index contributed by atoms with van der Waals surface area (Å²) in [4.78, 5) is 12.7. The van der Waals surface area contributed by atoms with Gasteiger partial charge >= 0.3 is 0 Å². The van der Waals surface area contributed by atoms with Crippen LogP contribution in [0.1, 0.15) is 20.3 Å². The van der Waals surface area contributed by atoms with Crippen LogP contribution in [-0.2, 0) is 11.3 Å². The van der Waals surface area contributed by atoms with Gasteiger partial charge < -0.3 is 14.6 Å². The molecule has 0 saturated carbocycles. The highest BCUT2D eigenvalue weighted by molar-refractivity contribution is 8.00. The van der Waals surface area contributed by atoms with Gasteiger partial charge in [0, 0.05) is 17.8 Å². The molecule has 0 aliphatic heterocycles. The van der Waals surface area contributed by atoms with Crippen LogP contribution in [0.2, 0.25) is 0 Å². The zero-order valence-corrected chi connectivity index (χ0v) is 17.1. The molecular weight excluding hydrogens is 372 g/mol. The van der Waals surface area contributed by atoms with E-state index in [2.05, 4.69) is 15.5 Å². The van der Waals surface area contributed by atoms with Crippen molar-refractivity contribution in [1.29, 1.82) is 0 Å². The Balaban J connectivity index is 1.78. The number of amides is 1. The maximum atomic E-state index is 12.7. The topological polar surface area (TPSA) is 69.0 Å². The van der Waals surface area contributed by atoms with E-state index in [0.717, 1.165) is 28.0 Å². The zero-order valence-electron chi connectivity index (χ0n) is 16.3. The Bertz CT molecular complexity index is 910. The normalized spacial score (nSPS) is 11.8. The molecule has 0 aliphatic rings. The molecule has 1 heterocycles. The molecule has 0 fully saturated rings. The molecule has 28 heavy (non-hydrogen) atoms. The zero-order chi connectivity index (χ0) is 19.9. The minimum atomic E-state index is -0.251. The minimum Gasteiger partial charge on any atom is -0.497 e. The molecule has 0 unspecified atom stereocenters. The minimum absolute atomic E-state index is 0.0321. The van der Waals surface area contributed by atoms with E-state index in [1.54, 1.807) is 7.11 Å². The second-order valence-electron chi connectivity index (χ2n) is 6.15. The number of rotatable bonds is 8. The van der Waals surface area contributed by atoms with Crippen LogP contribution >= 0.6 is 11.8 Å². The lowest BCUT2D eigenvalue weighted by atomic mass is 10.2. The Kier molecular flexibility index (Phi) is 6.71. The van der Waals surface area contributed by atoms with Gasteiger partial charge in [0.2, 0.25) is 5.91 Å². The Labute approximate surface area is 169 Å². The van der Waals surface area contributed by atoms with Crippen LogP contribution in [-0.4, -0.2) is 33.0 Å². The molecule has 7 heteroatoms. The summed E-state index contributed by atoms with van der Waals surface area (Å²) in [7, 11) is 1.64. The van der Waals surface area contributed by atoms with Crippen molar-refractivity contribution in [3.63, 3.8) is 0 Å². The molecule has 0 bridgehead atoms. The summed E-state index contributed by atoms with van der Waals surface area (Å²) in [6.45, 7) is 4.76. The molecule has 1 amide bonds. The van der Waals surface area contributed by atoms with E-state index < -0.39 is 0 Å². The van der Waals surface area contributed by atoms with Crippen molar-refractivity contribution < 1.29 is 9.53 Å². The maximum absolute atomic E-state index is 12.7. The molecular formula is C21H24N4O2S. The monoisotopic (exact) mass is 396 g/mol. The van der Waals surface area contributed by atoms with Gasteiger partial charge in [-0.15, -0.1) is 10.2 Å². The Morgan fingerprint density at radius 2 is 1.82 bits per heavy atom. The second kappa shape index (κ2) is 9.41. The molecule has 146 valence electrons. The molecule has 1 aromatic heterocycles. The predicted octanol–water partition coefficient (Wildman–Crippen LogP) is 4.48. The van der Waals surface area contributed by atoms with Crippen molar-refractivity contribution in [1.82, 2.24) is 14.8 Å². The lowest BCUT2D eigenvalue weighted by Gasteiger charge is -2.15. The fraction of sp³-hybridized carbons (Fsp3) is 0.286. The van der Waals surface area contributed by atoms with E-state index >= 15 is 0 Å². The first-order valence-corrected chi connectivity index (χ1v) is 10.1. The Hall–Kier alpha value is -2.80. The van der Waals surface area contributed by atoms with Crippen LogP contribution in [0.5, 0.6) is 5.75 Å². The van der Waals surface area contributed by atoms with Gasteiger partial charge in [-0.05, 0) is 49.7 Å². The first-order chi connectivity index (χ1) is 13.7. The fourth-order valence-corrected chi connectivity index (χ4v) is 3.83. The van der Waals surface area contributed by atoms with E-state index in [1.165, 1.54) is 11.8 Å². The molecule has 0 aliphatic carbocycles. The van der Waals surface area contributed by atoms with Gasteiger partial charge in [-0.2, -0.15) is 0 Å². The van der Waals surface area contributed by atoms with Crippen molar-refractivity contribution in [3.05, 3.63) is 54.6 Å². The smallest absolute Gasteiger partial charge is 0.237 e. The van der Waals surface area contributed by atoms with Gasteiger partial charge in [0.05, 0.1) is 12.4 Å². The van der Waals surface area contributed by atoms with E-state index in [9.17, 15) is 4.79 Å². The molecule has 1 atom stereocenters. The molecule has 1 N–H and O–H groups in total. The van der Waals surface area contributed by atoms with Crippen molar-refractivity contribution in [3.8, 4) is 17.1 Å². The van der Waals surface area contributed by atoms with Gasteiger partial charge in [0.15, 0.2) is 11.0 Å². The third kappa shape index (κ3) is 4.54. The van der Waals surface area contributed by atoms with Crippen LogP contribution in [0.25, 0.3) is 11.4 Å². The quantitative estimate of drug-likeness (QED) is 0.569. The van der Waals surface area contributed by atoms with Crippen molar-refractivity contribution in [2.75, 3.05) is 12.4 Å². The molecule has 3 rings (SSSR count). The van der Waals surface area contributed by atoms with Crippen LogP contribution in [0.4, 0.5) is 5.69 Å². The molecule has 0 radical (unpaired) electrons. The van der Waals surface area contributed by atoms with Gasteiger partial charge in [0.25, 0.3) is 0 Å². The Morgan fingerprint density at radius 3 is 2.43 bits per heavy atom. The average molecular weight is 397 g/mol. The standard InChI is InChI=1S/C21H24N4O2S/c1-4-18(20(26)22-16-9-7-6-8-10-16)28-21-24-23-19(25(21)5-2)15-11-13-17(27-3)14-12-15/h6-14,18H,4-5H2,1-3H3,(H,22,26)/t18-/m1/s1. The highest BCUT2D eigenvalue weighted by Gasteiger charge is 2.22. The summed E-state index contributed by atoms with van der Waals surface area (Å²) >= 11 is 1.44. The maximum Gasteiger partial charge on any atom is 0.237 e. The lowest BCUT2D eigenvalue weighted by molar-refractivity contribution is -0.115. The molecule has 3 aromatic rings. The van der Waals surface area contributed by atoms with E-state index in [1.807, 2.05) is 73.0 Å². The van der Waals surface area contributed by atoms with E-state index in [-0.39, 0.29) is 11.2 Å².